The Morgan fingerprint density at radius 2 is 1.70 bits per heavy atom. The molecule has 0 bridgehead atoms. The molecule has 4 amide bonds. The highest BCUT2D eigenvalue weighted by Gasteiger charge is 2.31. The van der Waals surface area contributed by atoms with E-state index in [2.05, 4.69) is 16.0 Å². The Kier molecular flexibility index (Phi) is 11.7. The van der Waals surface area contributed by atoms with Crippen LogP contribution in [0.5, 0.6) is 5.75 Å². The second-order valence-electron chi connectivity index (χ2n) is 11.3. The van der Waals surface area contributed by atoms with E-state index in [1.807, 2.05) is 6.07 Å². The van der Waals surface area contributed by atoms with Gasteiger partial charge in [-0.2, -0.15) is 0 Å². The van der Waals surface area contributed by atoms with Crippen LogP contribution in [0.4, 0.5) is 10.7 Å². The molecule has 0 spiro atoms. The molecule has 13 heteroatoms. The second-order valence-corrected chi connectivity index (χ2v) is 13.8. The van der Waals surface area contributed by atoms with E-state index < -0.39 is 23.0 Å². The summed E-state index contributed by atoms with van der Waals surface area (Å²) in [5.74, 6) is -1.33. The largest absolute Gasteiger partial charge is 0.497 e. The number of anilines is 2. The first-order valence-corrected chi connectivity index (χ1v) is 17.3. The minimum absolute atomic E-state index is 0.0180. The number of fused-ring (bicyclic) bond motifs is 1. The first-order valence-electron chi connectivity index (χ1n) is 15.7. The first-order chi connectivity index (χ1) is 24.1. The standard InChI is InChI=1S/C37H36N4O7S2/c1-22(33(43)40-36-32(37(46)48-4)29-16-17-41(23(2)42)21-31(29)50-36)49-28-15-9-13-26(20-28)38-35(45)30(19-24-10-8-14-27(18-24)47-3)39-34(44)25-11-6-5-7-12-25/h5-15,18-20,22H,16-17,21H2,1-4H3,(H,38,45)(H,39,44)(H,40,43)/b30-19-. The van der Waals surface area contributed by atoms with Gasteiger partial charge in [-0.3, -0.25) is 19.2 Å². The lowest BCUT2D eigenvalue weighted by molar-refractivity contribution is -0.129. The van der Waals surface area contributed by atoms with Gasteiger partial charge in [0.05, 0.1) is 31.6 Å². The third-order valence-electron chi connectivity index (χ3n) is 7.84. The Morgan fingerprint density at radius 3 is 2.42 bits per heavy atom. The summed E-state index contributed by atoms with van der Waals surface area (Å²) in [6.45, 7) is 4.09. The number of amides is 4. The normalized spacial score (nSPS) is 13.0. The van der Waals surface area contributed by atoms with Crippen LogP contribution in [0, 0.1) is 0 Å². The van der Waals surface area contributed by atoms with Gasteiger partial charge in [0.2, 0.25) is 11.8 Å². The topological polar surface area (TPSA) is 143 Å². The highest BCUT2D eigenvalue weighted by Crippen LogP contribution is 2.38. The van der Waals surface area contributed by atoms with Crippen LogP contribution in [0.1, 0.15) is 50.6 Å². The van der Waals surface area contributed by atoms with Gasteiger partial charge in [0, 0.05) is 34.5 Å². The summed E-state index contributed by atoms with van der Waals surface area (Å²) in [6.07, 6.45) is 2.05. The molecule has 3 aromatic carbocycles. The molecule has 1 atom stereocenters. The van der Waals surface area contributed by atoms with Crippen molar-refractivity contribution in [2.24, 2.45) is 0 Å². The average Bonchev–Trinajstić information content (AvgIpc) is 3.48. The number of nitrogens with zero attached hydrogens (tertiary/aromatic N) is 1. The maximum Gasteiger partial charge on any atom is 0.341 e. The summed E-state index contributed by atoms with van der Waals surface area (Å²) in [5, 5.41) is 8.28. The highest BCUT2D eigenvalue weighted by atomic mass is 32.2. The fourth-order valence-electron chi connectivity index (χ4n) is 5.24. The van der Waals surface area contributed by atoms with E-state index >= 15 is 0 Å². The van der Waals surface area contributed by atoms with Crippen molar-refractivity contribution in [3.63, 3.8) is 0 Å². The van der Waals surface area contributed by atoms with Gasteiger partial charge in [-0.15, -0.1) is 23.1 Å². The number of nitrogens with one attached hydrogen (secondary N) is 3. The number of hydrogen-bond donors (Lipinski definition) is 3. The highest BCUT2D eigenvalue weighted by molar-refractivity contribution is 8.00. The van der Waals surface area contributed by atoms with Crippen molar-refractivity contribution in [1.29, 1.82) is 0 Å². The number of methoxy groups -OCH3 is 2. The molecule has 0 saturated heterocycles. The van der Waals surface area contributed by atoms with Crippen LogP contribution in [0.25, 0.3) is 6.08 Å². The van der Waals surface area contributed by atoms with Gasteiger partial charge in [0.15, 0.2) is 0 Å². The van der Waals surface area contributed by atoms with Crippen molar-refractivity contribution >= 4 is 69.5 Å². The lowest BCUT2D eigenvalue weighted by Crippen LogP contribution is -2.33. The minimum Gasteiger partial charge on any atom is -0.497 e. The van der Waals surface area contributed by atoms with Crippen LogP contribution in [0.2, 0.25) is 0 Å². The maximum absolute atomic E-state index is 13.6. The van der Waals surface area contributed by atoms with Gasteiger partial charge < -0.3 is 30.3 Å². The van der Waals surface area contributed by atoms with Gasteiger partial charge in [-0.05, 0) is 73.0 Å². The summed E-state index contributed by atoms with van der Waals surface area (Å²) < 4.78 is 10.3. The number of thioether (sulfide) groups is 1. The van der Waals surface area contributed by atoms with Crippen molar-refractivity contribution in [3.8, 4) is 5.75 Å². The third kappa shape index (κ3) is 8.79. The van der Waals surface area contributed by atoms with Gasteiger partial charge in [-0.25, -0.2) is 4.79 Å². The Morgan fingerprint density at radius 1 is 0.940 bits per heavy atom. The molecule has 1 aliphatic rings. The van der Waals surface area contributed by atoms with Crippen LogP contribution in [-0.2, 0) is 32.1 Å². The van der Waals surface area contributed by atoms with Crippen molar-refractivity contribution in [3.05, 3.63) is 112 Å². The van der Waals surface area contributed by atoms with Crippen molar-refractivity contribution < 1.29 is 33.4 Å². The zero-order valence-electron chi connectivity index (χ0n) is 27.9. The van der Waals surface area contributed by atoms with E-state index in [4.69, 9.17) is 9.47 Å². The summed E-state index contributed by atoms with van der Waals surface area (Å²) in [4.78, 5) is 67.9. The number of thiophene rings is 1. The number of ether oxygens (including phenoxy) is 2. The Labute approximate surface area is 298 Å². The number of esters is 1. The predicted octanol–water partition coefficient (Wildman–Crippen LogP) is 5.98. The van der Waals surface area contributed by atoms with Gasteiger partial charge in [0.1, 0.15) is 16.4 Å². The molecular formula is C37H36N4O7S2. The summed E-state index contributed by atoms with van der Waals surface area (Å²) in [7, 11) is 2.84. The fourth-order valence-corrected chi connectivity index (χ4v) is 7.42. The molecular weight excluding hydrogens is 677 g/mol. The monoisotopic (exact) mass is 712 g/mol. The number of benzene rings is 3. The summed E-state index contributed by atoms with van der Waals surface area (Å²) in [6, 6.07) is 22.7. The third-order valence-corrected chi connectivity index (χ3v) is 10.1. The van der Waals surface area contributed by atoms with Crippen LogP contribution in [0.3, 0.4) is 0 Å². The molecule has 2 heterocycles. The molecule has 11 nitrogen and oxygen atoms in total. The molecule has 1 unspecified atom stereocenters. The summed E-state index contributed by atoms with van der Waals surface area (Å²) >= 11 is 2.54. The first kappa shape index (κ1) is 35.9. The van der Waals surface area contributed by atoms with Crippen molar-refractivity contribution in [1.82, 2.24) is 10.2 Å². The molecule has 3 N–H and O–H groups in total. The minimum atomic E-state index is -0.590. The van der Waals surface area contributed by atoms with Crippen LogP contribution in [0.15, 0.2) is 89.5 Å². The molecule has 0 saturated carbocycles. The lowest BCUT2D eigenvalue weighted by atomic mass is 10.0. The van der Waals surface area contributed by atoms with Gasteiger partial charge >= 0.3 is 5.97 Å². The zero-order chi connectivity index (χ0) is 35.8. The van der Waals surface area contributed by atoms with Crippen LogP contribution >= 0.6 is 23.1 Å². The Balaban J connectivity index is 1.30. The van der Waals surface area contributed by atoms with Crippen LogP contribution in [-0.4, -0.2) is 60.5 Å². The SMILES string of the molecule is COC(=O)c1c(NC(=O)C(C)Sc2cccc(NC(=O)/C(=C/c3cccc(OC)c3)NC(=O)c3ccccc3)c2)sc2c1CCN(C(C)=O)C2. The maximum atomic E-state index is 13.6. The van der Waals surface area contributed by atoms with Crippen molar-refractivity contribution in [2.45, 2.75) is 37.0 Å². The molecule has 1 aliphatic heterocycles. The number of hydrogen-bond acceptors (Lipinski definition) is 9. The number of rotatable bonds is 11. The fraction of sp³-hybridized carbons (Fsp3) is 0.216. The average molecular weight is 713 g/mol. The Bertz CT molecular complexity index is 1960. The quantitative estimate of drug-likeness (QED) is 0.0980. The van der Waals surface area contributed by atoms with Crippen LogP contribution < -0.4 is 20.7 Å². The molecule has 1 aromatic heterocycles. The lowest BCUT2D eigenvalue weighted by Gasteiger charge is -2.25. The number of carbonyl (C=O) groups excluding carboxylic acids is 5. The molecule has 4 aromatic rings. The van der Waals surface area contributed by atoms with E-state index in [9.17, 15) is 24.0 Å². The van der Waals surface area contributed by atoms with E-state index in [0.717, 1.165) is 10.4 Å². The second kappa shape index (κ2) is 16.3. The predicted molar refractivity (Wildman–Crippen MR) is 194 cm³/mol. The van der Waals surface area contributed by atoms with Crippen molar-refractivity contribution in [2.75, 3.05) is 31.4 Å². The Hall–Kier alpha value is -5.40. The smallest absolute Gasteiger partial charge is 0.341 e. The van der Waals surface area contributed by atoms with E-state index in [1.54, 1.807) is 97.8 Å². The zero-order valence-corrected chi connectivity index (χ0v) is 29.5. The van der Waals surface area contributed by atoms with Gasteiger partial charge in [-0.1, -0.05) is 36.4 Å². The number of carbonyl (C=O) groups is 5. The molecule has 0 aliphatic carbocycles. The molecule has 0 radical (unpaired) electrons. The summed E-state index contributed by atoms with van der Waals surface area (Å²) in [5.41, 5.74) is 2.62. The molecule has 0 fully saturated rings. The van der Waals surface area contributed by atoms with E-state index in [-0.39, 0.29) is 17.5 Å². The molecule has 258 valence electrons. The van der Waals surface area contributed by atoms with Gasteiger partial charge in [0.25, 0.3) is 11.8 Å². The molecule has 50 heavy (non-hydrogen) atoms. The molecule has 5 rings (SSSR count). The van der Waals surface area contributed by atoms with E-state index in [0.29, 0.717) is 57.5 Å². The van der Waals surface area contributed by atoms with E-state index in [1.165, 1.54) is 37.1 Å².